The van der Waals surface area contributed by atoms with Gasteiger partial charge in [-0.2, -0.15) is 0 Å². The van der Waals surface area contributed by atoms with Crippen molar-refractivity contribution in [2.24, 2.45) is 0 Å². The standard InChI is InChI=1S/C23H20N2O5/c26-21(25-19(23(28)29)15-17-10-5-2-6-11-17)18(14-16-8-3-1-4-9-16)24-22(27)20-12-7-13-30-20/h1-14,19H,15H2,(H,24,27)(H,25,26)(H,28,29)/b18-14-. The summed E-state index contributed by atoms with van der Waals surface area (Å²) < 4.78 is 5.06. The maximum absolute atomic E-state index is 12.9. The second kappa shape index (κ2) is 9.88. The summed E-state index contributed by atoms with van der Waals surface area (Å²) in [6.07, 6.45) is 2.92. The molecular weight excluding hydrogens is 384 g/mol. The average molecular weight is 404 g/mol. The Bertz CT molecular complexity index is 1030. The molecule has 7 nitrogen and oxygen atoms in total. The van der Waals surface area contributed by atoms with Crippen LogP contribution < -0.4 is 10.6 Å². The van der Waals surface area contributed by atoms with Crippen LogP contribution in [-0.4, -0.2) is 28.9 Å². The van der Waals surface area contributed by atoms with E-state index in [9.17, 15) is 19.5 Å². The predicted octanol–water partition coefficient (Wildman–Crippen LogP) is 2.86. The molecule has 0 aliphatic carbocycles. The van der Waals surface area contributed by atoms with Crippen molar-refractivity contribution in [2.75, 3.05) is 0 Å². The maximum atomic E-state index is 12.9. The van der Waals surface area contributed by atoms with Crippen molar-refractivity contribution in [1.29, 1.82) is 0 Å². The number of carbonyl (C=O) groups excluding carboxylic acids is 2. The van der Waals surface area contributed by atoms with Crippen molar-refractivity contribution < 1.29 is 23.9 Å². The van der Waals surface area contributed by atoms with Gasteiger partial charge in [0.1, 0.15) is 11.7 Å². The highest BCUT2D eigenvalue weighted by atomic mass is 16.4. The number of carboxylic acid groups (broad SMARTS) is 1. The third-order valence-electron chi connectivity index (χ3n) is 4.23. The lowest BCUT2D eigenvalue weighted by atomic mass is 10.1. The molecule has 1 atom stereocenters. The summed E-state index contributed by atoms with van der Waals surface area (Å²) in [6, 6.07) is 19.7. The van der Waals surface area contributed by atoms with E-state index in [0.29, 0.717) is 5.56 Å². The Labute approximate surface area is 173 Å². The molecule has 3 rings (SSSR count). The third kappa shape index (κ3) is 5.68. The summed E-state index contributed by atoms with van der Waals surface area (Å²) >= 11 is 0. The number of amides is 2. The second-order valence-corrected chi connectivity index (χ2v) is 6.45. The van der Waals surface area contributed by atoms with E-state index in [2.05, 4.69) is 10.6 Å². The fourth-order valence-electron chi connectivity index (χ4n) is 2.75. The van der Waals surface area contributed by atoms with E-state index < -0.39 is 23.8 Å². The van der Waals surface area contributed by atoms with Gasteiger partial charge in [0.25, 0.3) is 11.8 Å². The fraction of sp³-hybridized carbons (Fsp3) is 0.0870. The average Bonchev–Trinajstić information content (AvgIpc) is 3.29. The van der Waals surface area contributed by atoms with Crippen molar-refractivity contribution in [3.63, 3.8) is 0 Å². The van der Waals surface area contributed by atoms with Gasteiger partial charge in [-0.3, -0.25) is 9.59 Å². The fourth-order valence-corrected chi connectivity index (χ4v) is 2.75. The van der Waals surface area contributed by atoms with E-state index in [-0.39, 0.29) is 17.9 Å². The van der Waals surface area contributed by atoms with Crippen LogP contribution in [0.5, 0.6) is 0 Å². The lowest BCUT2D eigenvalue weighted by Crippen LogP contribution is -2.45. The monoisotopic (exact) mass is 404 g/mol. The van der Waals surface area contributed by atoms with Gasteiger partial charge >= 0.3 is 5.97 Å². The Morgan fingerprint density at radius 1 is 0.933 bits per heavy atom. The molecule has 1 heterocycles. The Morgan fingerprint density at radius 2 is 1.60 bits per heavy atom. The van der Waals surface area contributed by atoms with Crippen LogP contribution in [0, 0.1) is 0 Å². The van der Waals surface area contributed by atoms with Gasteiger partial charge in [-0.15, -0.1) is 0 Å². The van der Waals surface area contributed by atoms with Crippen molar-refractivity contribution in [1.82, 2.24) is 10.6 Å². The molecule has 30 heavy (non-hydrogen) atoms. The second-order valence-electron chi connectivity index (χ2n) is 6.45. The quantitative estimate of drug-likeness (QED) is 0.500. The third-order valence-corrected chi connectivity index (χ3v) is 4.23. The van der Waals surface area contributed by atoms with Crippen LogP contribution in [0.15, 0.2) is 89.2 Å². The molecule has 3 aromatic rings. The predicted molar refractivity (Wildman–Crippen MR) is 110 cm³/mol. The molecule has 3 N–H and O–H groups in total. The number of carbonyl (C=O) groups is 3. The van der Waals surface area contributed by atoms with E-state index in [1.807, 2.05) is 12.1 Å². The molecule has 2 amide bonds. The van der Waals surface area contributed by atoms with Gasteiger partial charge in [-0.05, 0) is 29.3 Å². The Kier molecular flexibility index (Phi) is 6.78. The summed E-state index contributed by atoms with van der Waals surface area (Å²) in [5.41, 5.74) is 1.33. The van der Waals surface area contributed by atoms with Crippen molar-refractivity contribution in [2.45, 2.75) is 12.5 Å². The minimum atomic E-state index is -1.18. The Morgan fingerprint density at radius 3 is 2.20 bits per heavy atom. The topological polar surface area (TPSA) is 109 Å². The van der Waals surface area contributed by atoms with Crippen LogP contribution in [0.4, 0.5) is 0 Å². The smallest absolute Gasteiger partial charge is 0.326 e. The summed E-state index contributed by atoms with van der Waals surface area (Å²) in [4.78, 5) is 36.9. The molecule has 152 valence electrons. The van der Waals surface area contributed by atoms with Crippen LogP contribution in [0.1, 0.15) is 21.7 Å². The summed E-state index contributed by atoms with van der Waals surface area (Å²) in [5, 5.41) is 14.5. The molecule has 1 aromatic heterocycles. The number of carboxylic acids is 1. The first-order valence-corrected chi connectivity index (χ1v) is 9.22. The number of aliphatic carboxylic acids is 1. The number of hydrogen-bond acceptors (Lipinski definition) is 4. The van der Waals surface area contributed by atoms with E-state index in [4.69, 9.17) is 4.42 Å². The van der Waals surface area contributed by atoms with Gasteiger partial charge < -0.3 is 20.2 Å². The van der Waals surface area contributed by atoms with Gasteiger partial charge in [-0.1, -0.05) is 60.7 Å². The number of furan rings is 1. The molecule has 0 spiro atoms. The van der Waals surface area contributed by atoms with Gasteiger partial charge in [0, 0.05) is 6.42 Å². The molecule has 0 saturated carbocycles. The molecule has 2 aromatic carbocycles. The van der Waals surface area contributed by atoms with Crippen LogP contribution >= 0.6 is 0 Å². The van der Waals surface area contributed by atoms with Crippen LogP contribution in [0.2, 0.25) is 0 Å². The maximum Gasteiger partial charge on any atom is 0.326 e. The van der Waals surface area contributed by atoms with E-state index in [1.165, 1.54) is 18.4 Å². The van der Waals surface area contributed by atoms with Crippen LogP contribution in [0.3, 0.4) is 0 Å². The first-order valence-electron chi connectivity index (χ1n) is 9.22. The summed E-state index contributed by atoms with van der Waals surface area (Å²) in [6.45, 7) is 0. The highest BCUT2D eigenvalue weighted by Crippen LogP contribution is 2.09. The number of benzene rings is 2. The number of nitrogens with one attached hydrogen (secondary N) is 2. The SMILES string of the molecule is O=C(NC(Cc1ccccc1)C(=O)O)/C(=C/c1ccccc1)NC(=O)c1ccco1. The van der Waals surface area contributed by atoms with E-state index in [1.54, 1.807) is 54.6 Å². The molecule has 7 heteroatoms. The Hall–Kier alpha value is -4.13. The molecule has 0 aliphatic heterocycles. The molecular formula is C23H20N2O5. The van der Waals surface area contributed by atoms with E-state index >= 15 is 0 Å². The zero-order valence-electron chi connectivity index (χ0n) is 15.9. The lowest BCUT2D eigenvalue weighted by Gasteiger charge is -2.16. The zero-order chi connectivity index (χ0) is 21.3. The first-order chi connectivity index (χ1) is 14.5. The van der Waals surface area contributed by atoms with Crippen LogP contribution in [-0.2, 0) is 16.0 Å². The van der Waals surface area contributed by atoms with Gasteiger partial charge in [0.15, 0.2) is 5.76 Å². The van der Waals surface area contributed by atoms with Crippen LogP contribution in [0.25, 0.3) is 6.08 Å². The molecule has 0 bridgehead atoms. The van der Waals surface area contributed by atoms with Gasteiger partial charge in [0.2, 0.25) is 0 Å². The largest absolute Gasteiger partial charge is 0.480 e. The normalized spacial score (nSPS) is 12.1. The molecule has 0 saturated heterocycles. The first kappa shape index (κ1) is 20.6. The highest BCUT2D eigenvalue weighted by molar-refractivity contribution is 6.05. The molecule has 0 fully saturated rings. The minimum Gasteiger partial charge on any atom is -0.480 e. The van der Waals surface area contributed by atoms with Gasteiger partial charge in [-0.25, -0.2) is 4.79 Å². The van der Waals surface area contributed by atoms with Gasteiger partial charge in [0.05, 0.1) is 6.26 Å². The number of hydrogen-bond donors (Lipinski definition) is 3. The molecule has 1 unspecified atom stereocenters. The van der Waals surface area contributed by atoms with E-state index in [0.717, 1.165) is 5.56 Å². The summed E-state index contributed by atoms with van der Waals surface area (Å²) in [5.74, 6) is -2.49. The molecule has 0 aliphatic rings. The Balaban J connectivity index is 1.82. The zero-order valence-corrected chi connectivity index (χ0v) is 15.9. The van der Waals surface area contributed by atoms with Crippen molar-refractivity contribution in [3.8, 4) is 0 Å². The lowest BCUT2D eigenvalue weighted by molar-refractivity contribution is -0.141. The number of rotatable bonds is 8. The molecule has 0 radical (unpaired) electrons. The summed E-state index contributed by atoms with van der Waals surface area (Å²) in [7, 11) is 0. The minimum absolute atomic E-state index is 0.0285. The van der Waals surface area contributed by atoms with Crippen molar-refractivity contribution >= 4 is 23.9 Å². The van der Waals surface area contributed by atoms with Crippen molar-refractivity contribution in [3.05, 3.63) is 102 Å². The highest BCUT2D eigenvalue weighted by Gasteiger charge is 2.24.